The average molecular weight is 346 g/mol. The summed E-state index contributed by atoms with van der Waals surface area (Å²) in [6, 6.07) is -0.473. The summed E-state index contributed by atoms with van der Waals surface area (Å²) in [5.74, 6) is 0.875. The molecule has 9 heteroatoms. The molecule has 2 aromatic heterocycles. The first kappa shape index (κ1) is 17.1. The lowest BCUT2D eigenvalue weighted by atomic mass is 9.89. The second-order valence-electron chi connectivity index (χ2n) is 6.69. The number of carbonyl (C=O) groups is 2. The van der Waals surface area contributed by atoms with Gasteiger partial charge in [-0.2, -0.15) is 10.1 Å². The first-order valence-electron chi connectivity index (χ1n) is 8.30. The number of aromatic nitrogens is 4. The molecule has 1 N–H and O–H groups in total. The van der Waals surface area contributed by atoms with Gasteiger partial charge >= 0.3 is 6.03 Å². The number of carbonyl (C=O) groups excluding carboxylic acids is 2. The molecule has 2 aromatic rings. The van der Waals surface area contributed by atoms with Gasteiger partial charge in [-0.1, -0.05) is 25.9 Å². The van der Waals surface area contributed by atoms with Crippen molar-refractivity contribution >= 4 is 11.9 Å². The van der Waals surface area contributed by atoms with E-state index in [1.807, 2.05) is 6.92 Å². The van der Waals surface area contributed by atoms with Crippen molar-refractivity contribution in [2.24, 2.45) is 13.0 Å². The molecule has 1 saturated heterocycles. The van der Waals surface area contributed by atoms with Crippen molar-refractivity contribution in [3.63, 3.8) is 0 Å². The van der Waals surface area contributed by atoms with Gasteiger partial charge in [-0.15, -0.1) is 0 Å². The summed E-state index contributed by atoms with van der Waals surface area (Å²) < 4.78 is 6.79. The monoisotopic (exact) mass is 346 g/mol. The number of hydrogen-bond acceptors (Lipinski definition) is 6. The Labute approximate surface area is 145 Å². The van der Waals surface area contributed by atoms with Crippen LogP contribution in [0.4, 0.5) is 4.79 Å². The second-order valence-corrected chi connectivity index (χ2v) is 6.69. The molecule has 0 saturated carbocycles. The number of rotatable bonds is 6. The maximum atomic E-state index is 13.0. The molecule has 1 atom stereocenters. The van der Waals surface area contributed by atoms with E-state index in [-0.39, 0.29) is 18.3 Å². The van der Waals surface area contributed by atoms with Crippen LogP contribution in [0.25, 0.3) is 0 Å². The number of imide groups is 1. The lowest BCUT2D eigenvalue weighted by Gasteiger charge is -2.23. The molecular formula is C16H22N6O3. The van der Waals surface area contributed by atoms with Crippen LogP contribution in [0.15, 0.2) is 16.9 Å². The molecule has 1 fully saturated rings. The summed E-state index contributed by atoms with van der Waals surface area (Å²) in [6.45, 7) is 5.91. The maximum Gasteiger partial charge on any atom is 0.325 e. The Bertz CT molecular complexity index is 795. The van der Waals surface area contributed by atoms with Gasteiger partial charge in [0.05, 0.1) is 6.20 Å². The fourth-order valence-corrected chi connectivity index (χ4v) is 2.99. The van der Waals surface area contributed by atoms with E-state index in [9.17, 15) is 9.59 Å². The molecule has 0 bridgehead atoms. The molecule has 1 aliphatic rings. The third kappa shape index (κ3) is 3.01. The summed E-state index contributed by atoms with van der Waals surface area (Å²) in [6.07, 6.45) is 4.43. The topological polar surface area (TPSA) is 106 Å². The highest BCUT2D eigenvalue weighted by molar-refractivity contribution is 6.07. The predicted octanol–water partition coefficient (Wildman–Crippen LogP) is 1.36. The fourth-order valence-electron chi connectivity index (χ4n) is 2.99. The molecule has 25 heavy (non-hydrogen) atoms. The van der Waals surface area contributed by atoms with E-state index in [1.165, 1.54) is 0 Å². The standard InChI is InChI=1S/C16H22N6O3/c1-5-16(11-7-17-21(4)8-11)14(23)22(15(24)19-16)9-13-18-12(20-25-13)6-10(2)3/h7-8,10H,5-6,9H2,1-4H3,(H,19,24). The third-order valence-corrected chi connectivity index (χ3v) is 4.30. The maximum absolute atomic E-state index is 13.0. The zero-order chi connectivity index (χ0) is 18.2. The Kier molecular flexibility index (Phi) is 4.32. The minimum Gasteiger partial charge on any atom is -0.337 e. The van der Waals surface area contributed by atoms with Crippen LogP contribution < -0.4 is 5.32 Å². The normalized spacial score (nSPS) is 20.6. The first-order valence-corrected chi connectivity index (χ1v) is 8.30. The SMILES string of the molecule is CCC1(c2cnn(C)c2)NC(=O)N(Cc2nc(CC(C)C)no2)C1=O. The summed E-state index contributed by atoms with van der Waals surface area (Å²) in [5.41, 5.74) is -0.448. The van der Waals surface area contributed by atoms with Crippen molar-refractivity contribution in [3.8, 4) is 0 Å². The molecule has 3 amide bonds. The van der Waals surface area contributed by atoms with Gasteiger partial charge < -0.3 is 9.84 Å². The summed E-state index contributed by atoms with van der Waals surface area (Å²) >= 11 is 0. The summed E-state index contributed by atoms with van der Waals surface area (Å²) in [5, 5.41) is 10.8. The van der Waals surface area contributed by atoms with E-state index in [4.69, 9.17) is 4.52 Å². The third-order valence-electron chi connectivity index (χ3n) is 4.30. The number of nitrogens with zero attached hydrogens (tertiary/aromatic N) is 5. The number of urea groups is 1. The zero-order valence-electron chi connectivity index (χ0n) is 14.8. The van der Waals surface area contributed by atoms with Crippen LogP contribution in [0.1, 0.15) is 44.5 Å². The minimum absolute atomic E-state index is 0.0439. The first-order chi connectivity index (χ1) is 11.9. The Morgan fingerprint density at radius 1 is 1.36 bits per heavy atom. The van der Waals surface area contributed by atoms with E-state index < -0.39 is 11.6 Å². The van der Waals surface area contributed by atoms with Crippen molar-refractivity contribution in [1.82, 2.24) is 30.1 Å². The van der Waals surface area contributed by atoms with Gasteiger partial charge in [0.25, 0.3) is 5.91 Å². The second kappa shape index (κ2) is 6.30. The van der Waals surface area contributed by atoms with Crippen molar-refractivity contribution in [2.45, 2.75) is 45.7 Å². The Morgan fingerprint density at radius 2 is 2.12 bits per heavy atom. The lowest BCUT2D eigenvalue weighted by Crippen LogP contribution is -2.43. The van der Waals surface area contributed by atoms with Crippen LogP contribution in [0.5, 0.6) is 0 Å². The van der Waals surface area contributed by atoms with Crippen molar-refractivity contribution in [3.05, 3.63) is 29.7 Å². The molecule has 0 spiro atoms. The largest absolute Gasteiger partial charge is 0.337 e. The van der Waals surface area contributed by atoms with Crippen LogP contribution in [-0.4, -0.2) is 36.8 Å². The van der Waals surface area contributed by atoms with E-state index in [0.717, 1.165) is 4.90 Å². The summed E-state index contributed by atoms with van der Waals surface area (Å²) in [4.78, 5) is 30.8. The number of aryl methyl sites for hydroxylation is 1. The molecule has 134 valence electrons. The number of amides is 3. The van der Waals surface area contributed by atoms with Crippen LogP contribution in [0, 0.1) is 5.92 Å². The lowest BCUT2D eigenvalue weighted by molar-refractivity contribution is -0.132. The van der Waals surface area contributed by atoms with E-state index in [2.05, 4.69) is 34.4 Å². The zero-order valence-corrected chi connectivity index (χ0v) is 14.8. The fraction of sp³-hybridized carbons (Fsp3) is 0.562. The summed E-state index contributed by atoms with van der Waals surface area (Å²) in [7, 11) is 1.76. The predicted molar refractivity (Wildman–Crippen MR) is 87.1 cm³/mol. The molecule has 0 radical (unpaired) electrons. The molecular weight excluding hydrogens is 324 g/mol. The Hall–Kier alpha value is -2.71. The van der Waals surface area contributed by atoms with Crippen molar-refractivity contribution < 1.29 is 14.1 Å². The molecule has 9 nitrogen and oxygen atoms in total. The molecule has 0 aliphatic carbocycles. The van der Waals surface area contributed by atoms with Gasteiger partial charge in [0.15, 0.2) is 5.82 Å². The highest BCUT2D eigenvalue weighted by Gasteiger charge is 2.52. The smallest absolute Gasteiger partial charge is 0.325 e. The highest BCUT2D eigenvalue weighted by Crippen LogP contribution is 2.32. The molecule has 0 aromatic carbocycles. The van der Waals surface area contributed by atoms with E-state index in [0.29, 0.717) is 30.1 Å². The van der Waals surface area contributed by atoms with Crippen LogP contribution in [0.2, 0.25) is 0 Å². The van der Waals surface area contributed by atoms with Gasteiger partial charge in [0.1, 0.15) is 12.1 Å². The van der Waals surface area contributed by atoms with Gasteiger partial charge in [-0.05, 0) is 12.3 Å². The van der Waals surface area contributed by atoms with Gasteiger partial charge in [-0.3, -0.25) is 14.4 Å². The Balaban J connectivity index is 1.82. The Morgan fingerprint density at radius 3 is 2.72 bits per heavy atom. The van der Waals surface area contributed by atoms with Crippen LogP contribution in [0.3, 0.4) is 0 Å². The van der Waals surface area contributed by atoms with Gasteiger partial charge in [0.2, 0.25) is 5.89 Å². The average Bonchev–Trinajstić information content (AvgIpc) is 3.23. The quantitative estimate of drug-likeness (QED) is 0.792. The van der Waals surface area contributed by atoms with Gasteiger partial charge in [0, 0.05) is 25.2 Å². The van der Waals surface area contributed by atoms with Gasteiger partial charge in [-0.25, -0.2) is 4.79 Å². The molecule has 3 rings (SSSR count). The number of nitrogens with one attached hydrogen (secondary N) is 1. The van der Waals surface area contributed by atoms with Crippen molar-refractivity contribution in [2.75, 3.05) is 0 Å². The van der Waals surface area contributed by atoms with Crippen LogP contribution in [-0.2, 0) is 30.3 Å². The van der Waals surface area contributed by atoms with Crippen LogP contribution >= 0.6 is 0 Å². The van der Waals surface area contributed by atoms with E-state index >= 15 is 0 Å². The van der Waals surface area contributed by atoms with Crippen molar-refractivity contribution in [1.29, 1.82) is 0 Å². The highest BCUT2D eigenvalue weighted by atomic mass is 16.5. The van der Waals surface area contributed by atoms with E-state index in [1.54, 1.807) is 24.1 Å². The molecule has 3 heterocycles. The minimum atomic E-state index is -1.11. The molecule has 1 aliphatic heterocycles. The molecule has 1 unspecified atom stereocenters. The number of hydrogen-bond donors (Lipinski definition) is 1.